The Bertz CT molecular complexity index is 1030. The number of aromatic nitrogens is 1. The number of H-pyrrole nitrogens is 1. The van der Waals surface area contributed by atoms with E-state index in [1.165, 1.54) is 6.20 Å². The molecule has 3 aromatic rings. The van der Waals surface area contributed by atoms with Crippen LogP contribution in [0.2, 0.25) is 0 Å². The Morgan fingerprint density at radius 3 is 2.52 bits per heavy atom. The summed E-state index contributed by atoms with van der Waals surface area (Å²) in [5.74, 6) is 0.218. The minimum Gasteiger partial charge on any atom is -0.487 e. The Morgan fingerprint density at radius 1 is 1.03 bits per heavy atom. The van der Waals surface area contributed by atoms with Gasteiger partial charge in [-0.25, -0.2) is 4.79 Å². The van der Waals surface area contributed by atoms with Crippen LogP contribution in [0.1, 0.15) is 22.8 Å². The molecule has 0 saturated heterocycles. The van der Waals surface area contributed by atoms with Gasteiger partial charge < -0.3 is 23.9 Å². The number of hydrogen-bond acceptors (Lipinski definition) is 6. The van der Waals surface area contributed by atoms with Gasteiger partial charge in [0.15, 0.2) is 11.5 Å². The molecule has 2 aromatic carbocycles. The van der Waals surface area contributed by atoms with E-state index in [9.17, 15) is 9.59 Å². The first-order valence-corrected chi connectivity index (χ1v) is 9.29. The number of rotatable bonds is 9. The Labute approximate surface area is 168 Å². The number of benzene rings is 2. The number of aromatic amines is 1. The van der Waals surface area contributed by atoms with Gasteiger partial charge in [0.05, 0.1) is 24.1 Å². The zero-order chi connectivity index (χ0) is 20.6. The lowest BCUT2D eigenvalue weighted by Gasteiger charge is -2.14. The van der Waals surface area contributed by atoms with Crippen LogP contribution in [0.25, 0.3) is 10.9 Å². The summed E-state index contributed by atoms with van der Waals surface area (Å²) in [4.78, 5) is 27.8. The normalized spacial score (nSPS) is 10.7. The highest BCUT2D eigenvalue weighted by atomic mass is 16.5. The molecule has 7 heteroatoms. The summed E-state index contributed by atoms with van der Waals surface area (Å²) in [5, 5.41) is 0.315. The van der Waals surface area contributed by atoms with E-state index < -0.39 is 11.4 Å². The Hall–Kier alpha value is -3.32. The number of carbonyl (C=O) groups excluding carboxylic acids is 1. The maximum absolute atomic E-state index is 12.8. The van der Waals surface area contributed by atoms with Crippen molar-refractivity contribution < 1.29 is 23.7 Å². The summed E-state index contributed by atoms with van der Waals surface area (Å²) in [5.41, 5.74) is 1.05. The predicted molar refractivity (Wildman–Crippen MR) is 109 cm³/mol. The van der Waals surface area contributed by atoms with Gasteiger partial charge >= 0.3 is 5.97 Å². The molecule has 0 saturated carbocycles. The fourth-order valence-electron chi connectivity index (χ4n) is 2.78. The van der Waals surface area contributed by atoms with Crippen molar-refractivity contribution in [3.8, 4) is 11.5 Å². The number of pyridine rings is 1. The Balaban J connectivity index is 1.97. The van der Waals surface area contributed by atoms with E-state index in [1.807, 2.05) is 30.3 Å². The van der Waals surface area contributed by atoms with Gasteiger partial charge in [0, 0.05) is 19.4 Å². The van der Waals surface area contributed by atoms with Crippen LogP contribution in [0.4, 0.5) is 0 Å². The zero-order valence-electron chi connectivity index (χ0n) is 16.4. The highest BCUT2D eigenvalue weighted by Gasteiger charge is 2.17. The number of nitrogens with one attached hydrogen (secondary N) is 1. The fourth-order valence-corrected chi connectivity index (χ4v) is 2.78. The Kier molecular flexibility index (Phi) is 6.86. The highest BCUT2D eigenvalue weighted by molar-refractivity contribution is 5.94. The molecule has 0 aliphatic heterocycles. The largest absolute Gasteiger partial charge is 0.487 e. The lowest BCUT2D eigenvalue weighted by molar-refractivity contribution is 0.0524. The average molecular weight is 397 g/mol. The third-order valence-corrected chi connectivity index (χ3v) is 4.22. The highest BCUT2D eigenvalue weighted by Crippen LogP contribution is 2.31. The van der Waals surface area contributed by atoms with Gasteiger partial charge in [-0.15, -0.1) is 0 Å². The van der Waals surface area contributed by atoms with Gasteiger partial charge in [-0.1, -0.05) is 30.3 Å². The number of carbonyl (C=O) groups is 1. The van der Waals surface area contributed by atoms with Crippen LogP contribution in [0.3, 0.4) is 0 Å². The van der Waals surface area contributed by atoms with Gasteiger partial charge in [-0.3, -0.25) is 4.79 Å². The van der Waals surface area contributed by atoms with Crippen LogP contribution in [0.5, 0.6) is 11.5 Å². The zero-order valence-corrected chi connectivity index (χ0v) is 16.4. The molecule has 1 heterocycles. The summed E-state index contributed by atoms with van der Waals surface area (Å²) in [6, 6.07) is 13.0. The van der Waals surface area contributed by atoms with Crippen molar-refractivity contribution in [2.75, 3.05) is 26.9 Å². The van der Waals surface area contributed by atoms with Crippen LogP contribution in [0, 0.1) is 0 Å². The molecule has 1 aromatic heterocycles. The monoisotopic (exact) mass is 397 g/mol. The van der Waals surface area contributed by atoms with Gasteiger partial charge in [-0.2, -0.15) is 0 Å². The van der Waals surface area contributed by atoms with Gasteiger partial charge in [0.25, 0.3) is 0 Å². The summed E-state index contributed by atoms with van der Waals surface area (Å²) in [6.07, 6.45) is 1.36. The van der Waals surface area contributed by atoms with Crippen molar-refractivity contribution in [2.45, 2.75) is 13.5 Å². The second-order valence-electron chi connectivity index (χ2n) is 6.21. The molecule has 0 aliphatic carbocycles. The van der Waals surface area contributed by atoms with E-state index in [4.69, 9.17) is 18.9 Å². The molecular weight excluding hydrogens is 374 g/mol. The van der Waals surface area contributed by atoms with Crippen LogP contribution in [-0.2, 0) is 16.1 Å². The number of hydrogen-bond donors (Lipinski definition) is 1. The number of fused-ring (bicyclic) bond motifs is 1. The minimum atomic E-state index is -0.665. The average Bonchev–Trinajstić information content (AvgIpc) is 2.74. The lowest BCUT2D eigenvalue weighted by atomic mass is 10.1. The van der Waals surface area contributed by atoms with Crippen molar-refractivity contribution in [3.05, 3.63) is 70.0 Å². The molecule has 0 amide bonds. The standard InChI is InChI=1S/C22H23NO6/c1-3-27-22(25)17-13-23-18-12-20(29-14-15-7-5-4-6-8-15)19(28-10-9-26-2)11-16(18)21(17)24/h4-8,11-13H,3,9-10,14H2,1-2H3,(H,23,24). The molecule has 0 fully saturated rings. The summed E-state index contributed by atoms with van der Waals surface area (Å²) < 4.78 is 21.7. The van der Waals surface area contributed by atoms with Crippen LogP contribution < -0.4 is 14.9 Å². The molecule has 1 N–H and O–H groups in total. The van der Waals surface area contributed by atoms with E-state index >= 15 is 0 Å². The van der Waals surface area contributed by atoms with E-state index in [2.05, 4.69) is 4.98 Å². The second-order valence-corrected chi connectivity index (χ2v) is 6.21. The second kappa shape index (κ2) is 9.75. The lowest BCUT2D eigenvalue weighted by Crippen LogP contribution is -2.18. The number of ether oxygens (including phenoxy) is 4. The van der Waals surface area contributed by atoms with Crippen molar-refractivity contribution >= 4 is 16.9 Å². The molecule has 0 spiro atoms. The van der Waals surface area contributed by atoms with Gasteiger partial charge in [0.2, 0.25) is 5.43 Å². The van der Waals surface area contributed by atoms with Gasteiger partial charge in [-0.05, 0) is 18.6 Å². The predicted octanol–water partition coefficient (Wildman–Crippen LogP) is 3.31. The first-order valence-electron chi connectivity index (χ1n) is 9.29. The molecule has 152 valence electrons. The van der Waals surface area contributed by atoms with Crippen LogP contribution in [0.15, 0.2) is 53.5 Å². The maximum Gasteiger partial charge on any atom is 0.343 e. The quantitative estimate of drug-likeness (QED) is 0.440. The third kappa shape index (κ3) is 4.94. The van der Waals surface area contributed by atoms with Crippen LogP contribution in [-0.4, -0.2) is 37.9 Å². The Morgan fingerprint density at radius 2 is 1.79 bits per heavy atom. The van der Waals surface area contributed by atoms with Crippen molar-refractivity contribution in [2.24, 2.45) is 0 Å². The van der Waals surface area contributed by atoms with E-state index in [0.717, 1.165) is 5.56 Å². The maximum atomic E-state index is 12.8. The van der Waals surface area contributed by atoms with E-state index in [-0.39, 0.29) is 12.2 Å². The van der Waals surface area contributed by atoms with Crippen LogP contribution >= 0.6 is 0 Å². The summed E-state index contributed by atoms with van der Waals surface area (Å²) >= 11 is 0. The van der Waals surface area contributed by atoms with Crippen molar-refractivity contribution in [3.63, 3.8) is 0 Å². The van der Waals surface area contributed by atoms with Gasteiger partial charge in [0.1, 0.15) is 18.8 Å². The first kappa shape index (κ1) is 20.4. The molecule has 0 aliphatic rings. The third-order valence-electron chi connectivity index (χ3n) is 4.22. The molecule has 3 rings (SSSR count). The summed E-state index contributed by atoms with van der Waals surface area (Å²) in [7, 11) is 1.58. The van der Waals surface area contributed by atoms with E-state index in [1.54, 1.807) is 26.2 Å². The fraction of sp³-hybridized carbons (Fsp3) is 0.273. The number of methoxy groups -OCH3 is 1. The van der Waals surface area contributed by atoms with Crippen molar-refractivity contribution in [1.82, 2.24) is 4.98 Å². The molecular formula is C22H23NO6. The molecule has 29 heavy (non-hydrogen) atoms. The van der Waals surface area contributed by atoms with E-state index in [0.29, 0.717) is 42.2 Å². The first-order chi connectivity index (χ1) is 14.1. The summed E-state index contributed by atoms with van der Waals surface area (Å²) in [6.45, 7) is 2.89. The minimum absolute atomic E-state index is 0.0554. The molecule has 0 bridgehead atoms. The topological polar surface area (TPSA) is 86.9 Å². The van der Waals surface area contributed by atoms with Crippen molar-refractivity contribution in [1.29, 1.82) is 0 Å². The smallest absolute Gasteiger partial charge is 0.343 e. The SMILES string of the molecule is CCOC(=O)c1c[nH]c2cc(OCc3ccccc3)c(OCCOC)cc2c1=O. The molecule has 7 nitrogen and oxygen atoms in total. The number of esters is 1. The molecule has 0 unspecified atom stereocenters. The molecule has 0 radical (unpaired) electrons. The molecule has 0 atom stereocenters.